The molecular weight excluding hydrogens is 264 g/mol. The van der Waals surface area contributed by atoms with E-state index in [1.54, 1.807) is 11.8 Å². The van der Waals surface area contributed by atoms with Gasteiger partial charge in [0.25, 0.3) is 0 Å². The molecule has 2 rings (SSSR count). The van der Waals surface area contributed by atoms with E-state index in [9.17, 15) is 0 Å². The normalized spacial score (nSPS) is 25.6. The highest BCUT2D eigenvalue weighted by Gasteiger charge is 2.30. The molecule has 1 aromatic carbocycles. The number of likely N-dealkylation sites (tertiary alicyclic amines) is 1. The Hall–Kier alpha value is -0.510. The largest absolute Gasteiger partial charge is 0.329 e. The van der Waals surface area contributed by atoms with Crippen LogP contribution in [0.3, 0.4) is 0 Å². The number of hydrogen-bond donors (Lipinski definition) is 1. The van der Waals surface area contributed by atoms with Crippen molar-refractivity contribution in [2.45, 2.75) is 50.1 Å². The van der Waals surface area contributed by atoms with Crippen molar-refractivity contribution in [1.82, 2.24) is 4.90 Å². The summed E-state index contributed by atoms with van der Waals surface area (Å²) in [7, 11) is 0. The zero-order chi connectivity index (χ0) is 14.5. The van der Waals surface area contributed by atoms with Crippen molar-refractivity contribution < 1.29 is 0 Å². The summed E-state index contributed by atoms with van der Waals surface area (Å²) in [5.41, 5.74) is 7.44. The first-order valence-electron chi connectivity index (χ1n) is 7.79. The van der Waals surface area contributed by atoms with Crippen molar-refractivity contribution in [3.8, 4) is 0 Å². The molecule has 0 aromatic heterocycles. The van der Waals surface area contributed by atoms with E-state index in [2.05, 4.69) is 49.3 Å². The Morgan fingerprint density at radius 3 is 2.60 bits per heavy atom. The van der Waals surface area contributed by atoms with Crippen LogP contribution in [-0.2, 0) is 0 Å². The molecule has 112 valence electrons. The zero-order valence-electron chi connectivity index (χ0n) is 13.0. The van der Waals surface area contributed by atoms with E-state index in [1.807, 2.05) is 0 Å². The van der Waals surface area contributed by atoms with Crippen molar-refractivity contribution in [2.75, 3.05) is 19.3 Å². The summed E-state index contributed by atoms with van der Waals surface area (Å²) in [6, 6.07) is 10.0. The summed E-state index contributed by atoms with van der Waals surface area (Å²) < 4.78 is 0. The van der Waals surface area contributed by atoms with Gasteiger partial charge < -0.3 is 5.73 Å². The molecule has 1 aliphatic rings. The van der Waals surface area contributed by atoms with Crippen molar-refractivity contribution >= 4 is 11.8 Å². The average Bonchev–Trinajstić information content (AvgIpc) is 2.53. The van der Waals surface area contributed by atoms with Crippen molar-refractivity contribution in [1.29, 1.82) is 0 Å². The summed E-state index contributed by atoms with van der Waals surface area (Å²) >= 11 is 1.80. The van der Waals surface area contributed by atoms with Gasteiger partial charge in [-0.3, -0.25) is 4.90 Å². The number of benzene rings is 1. The van der Waals surface area contributed by atoms with Gasteiger partial charge in [-0.05, 0) is 56.2 Å². The molecule has 3 heteroatoms. The number of nitrogens with zero attached hydrogens (tertiary/aromatic N) is 1. The summed E-state index contributed by atoms with van der Waals surface area (Å²) in [5, 5.41) is 0. The van der Waals surface area contributed by atoms with Crippen LogP contribution in [0.5, 0.6) is 0 Å². The molecular formula is C17H28N2S. The monoisotopic (exact) mass is 292 g/mol. The summed E-state index contributed by atoms with van der Waals surface area (Å²) in [4.78, 5) is 3.95. The molecule has 1 aromatic rings. The topological polar surface area (TPSA) is 29.3 Å². The summed E-state index contributed by atoms with van der Waals surface area (Å²) in [6.45, 7) is 6.59. The fraction of sp³-hybridized carbons (Fsp3) is 0.647. The lowest BCUT2D eigenvalue weighted by molar-refractivity contribution is 0.0772. The van der Waals surface area contributed by atoms with Crippen LogP contribution >= 0.6 is 11.8 Å². The second-order valence-electron chi connectivity index (χ2n) is 5.88. The van der Waals surface area contributed by atoms with E-state index in [1.165, 1.54) is 36.3 Å². The maximum atomic E-state index is 6.03. The Kier molecular flexibility index (Phi) is 5.94. The van der Waals surface area contributed by atoms with Gasteiger partial charge in [-0.1, -0.05) is 25.5 Å². The molecule has 0 spiro atoms. The second-order valence-corrected chi connectivity index (χ2v) is 6.75. The Labute approximate surface area is 128 Å². The van der Waals surface area contributed by atoms with Gasteiger partial charge >= 0.3 is 0 Å². The van der Waals surface area contributed by atoms with E-state index in [4.69, 9.17) is 5.73 Å². The second kappa shape index (κ2) is 7.48. The molecule has 2 N–H and O–H groups in total. The highest BCUT2D eigenvalue weighted by atomic mass is 32.2. The van der Waals surface area contributed by atoms with Crippen LogP contribution in [-0.4, -0.2) is 30.3 Å². The Morgan fingerprint density at radius 1 is 1.35 bits per heavy atom. The summed E-state index contributed by atoms with van der Waals surface area (Å²) in [5.74, 6) is 0.867. The van der Waals surface area contributed by atoms with Crippen LogP contribution in [0.4, 0.5) is 0 Å². The Balaban J connectivity index is 2.08. The van der Waals surface area contributed by atoms with Gasteiger partial charge in [-0.15, -0.1) is 11.8 Å². The predicted octanol–water partition coefficient (Wildman–Crippen LogP) is 3.92. The first kappa shape index (κ1) is 15.9. The molecule has 20 heavy (non-hydrogen) atoms. The molecule has 0 saturated carbocycles. The highest BCUT2D eigenvalue weighted by Crippen LogP contribution is 2.32. The molecule has 0 radical (unpaired) electrons. The molecule has 1 saturated heterocycles. The predicted molar refractivity (Wildman–Crippen MR) is 89.2 cm³/mol. The van der Waals surface area contributed by atoms with Crippen LogP contribution in [0.1, 0.15) is 44.7 Å². The number of hydrogen-bond acceptors (Lipinski definition) is 3. The Morgan fingerprint density at radius 2 is 2.05 bits per heavy atom. The molecule has 1 fully saturated rings. The standard InChI is InChI=1S/C17H28N2S/c1-4-14-9-10-19(16(11-14)12-18)13(2)15-5-7-17(20-3)8-6-15/h5-8,13-14,16H,4,9-12,18H2,1-3H3. The SMILES string of the molecule is CCC1CCN(C(C)c2ccc(SC)cc2)C(CN)C1. The quantitative estimate of drug-likeness (QED) is 0.834. The number of rotatable bonds is 5. The van der Waals surface area contributed by atoms with Crippen molar-refractivity contribution in [2.24, 2.45) is 11.7 Å². The molecule has 0 amide bonds. The van der Waals surface area contributed by atoms with E-state index in [0.29, 0.717) is 12.1 Å². The summed E-state index contributed by atoms with van der Waals surface area (Å²) in [6.07, 6.45) is 6.00. The van der Waals surface area contributed by atoms with Gasteiger partial charge in [0.05, 0.1) is 0 Å². The zero-order valence-corrected chi connectivity index (χ0v) is 13.8. The fourth-order valence-electron chi connectivity index (χ4n) is 3.34. The fourth-order valence-corrected chi connectivity index (χ4v) is 3.75. The molecule has 1 heterocycles. The van der Waals surface area contributed by atoms with Gasteiger partial charge in [0.2, 0.25) is 0 Å². The number of thioether (sulfide) groups is 1. The lowest BCUT2D eigenvalue weighted by Gasteiger charge is -2.42. The highest BCUT2D eigenvalue weighted by molar-refractivity contribution is 7.98. The molecule has 2 nitrogen and oxygen atoms in total. The number of piperidine rings is 1. The maximum absolute atomic E-state index is 6.03. The number of nitrogens with two attached hydrogens (primary N) is 1. The molecule has 3 unspecified atom stereocenters. The van der Waals surface area contributed by atoms with Crippen LogP contribution in [0.15, 0.2) is 29.2 Å². The van der Waals surface area contributed by atoms with E-state index in [0.717, 1.165) is 12.5 Å². The third-order valence-corrected chi connectivity index (χ3v) is 5.56. The lowest BCUT2D eigenvalue weighted by atomic mass is 9.87. The molecule has 0 aliphatic carbocycles. The third kappa shape index (κ3) is 3.57. The smallest absolute Gasteiger partial charge is 0.0323 e. The van der Waals surface area contributed by atoms with Crippen LogP contribution in [0.2, 0.25) is 0 Å². The lowest BCUT2D eigenvalue weighted by Crippen LogP contribution is -2.47. The van der Waals surface area contributed by atoms with Gasteiger partial charge in [0, 0.05) is 23.5 Å². The van der Waals surface area contributed by atoms with E-state index >= 15 is 0 Å². The Bertz CT molecular complexity index is 404. The average molecular weight is 292 g/mol. The van der Waals surface area contributed by atoms with E-state index in [-0.39, 0.29) is 0 Å². The maximum Gasteiger partial charge on any atom is 0.0323 e. The van der Waals surface area contributed by atoms with Crippen molar-refractivity contribution in [3.05, 3.63) is 29.8 Å². The minimum Gasteiger partial charge on any atom is -0.329 e. The molecule has 0 bridgehead atoms. The molecule has 3 atom stereocenters. The minimum atomic E-state index is 0.470. The van der Waals surface area contributed by atoms with Gasteiger partial charge in [0.15, 0.2) is 0 Å². The molecule has 1 aliphatic heterocycles. The first-order valence-corrected chi connectivity index (χ1v) is 9.01. The third-order valence-electron chi connectivity index (χ3n) is 4.82. The van der Waals surface area contributed by atoms with Crippen LogP contribution in [0, 0.1) is 5.92 Å². The van der Waals surface area contributed by atoms with E-state index < -0.39 is 0 Å². The van der Waals surface area contributed by atoms with Crippen LogP contribution < -0.4 is 5.73 Å². The van der Waals surface area contributed by atoms with Crippen molar-refractivity contribution in [3.63, 3.8) is 0 Å². The van der Waals surface area contributed by atoms with Gasteiger partial charge in [-0.2, -0.15) is 0 Å². The minimum absolute atomic E-state index is 0.470. The van der Waals surface area contributed by atoms with Gasteiger partial charge in [0.1, 0.15) is 0 Å². The van der Waals surface area contributed by atoms with Crippen LogP contribution in [0.25, 0.3) is 0 Å². The van der Waals surface area contributed by atoms with Gasteiger partial charge in [-0.25, -0.2) is 0 Å². The first-order chi connectivity index (χ1) is 9.69.